The average molecular weight is 447 g/mol. The molecule has 1 aliphatic carbocycles. The maximum atomic E-state index is 13.0. The Hall–Kier alpha value is -3.87. The van der Waals surface area contributed by atoms with Crippen LogP contribution in [0.2, 0.25) is 0 Å². The van der Waals surface area contributed by atoms with E-state index in [1.54, 1.807) is 26.4 Å². The third kappa shape index (κ3) is 4.26. The van der Waals surface area contributed by atoms with Crippen LogP contribution < -0.4 is 20.3 Å². The van der Waals surface area contributed by atoms with Gasteiger partial charge in [0.25, 0.3) is 11.5 Å². The summed E-state index contributed by atoms with van der Waals surface area (Å²) in [7, 11) is 3.13. The van der Waals surface area contributed by atoms with Gasteiger partial charge in [-0.1, -0.05) is 18.2 Å². The number of carbonyl (C=O) groups excluding carboxylic acids is 2. The predicted molar refractivity (Wildman–Crippen MR) is 126 cm³/mol. The maximum Gasteiger partial charge on any atom is 0.261 e. The summed E-state index contributed by atoms with van der Waals surface area (Å²) in [5.41, 5.74) is 3.85. The van der Waals surface area contributed by atoms with E-state index in [1.807, 2.05) is 38.1 Å². The molecule has 170 valence electrons. The summed E-state index contributed by atoms with van der Waals surface area (Å²) in [5, 5.41) is 2.79. The van der Waals surface area contributed by atoms with Gasteiger partial charge in [-0.3, -0.25) is 14.4 Å². The van der Waals surface area contributed by atoms with Crippen LogP contribution in [-0.2, 0) is 6.42 Å². The zero-order valence-corrected chi connectivity index (χ0v) is 19.1. The SMILES string of the molecule is COc1ccc([C@H]2CC(=O)c3cc(C(=O)Nc4cccc(C)c4C)c(=O)[nH]c3C2)cc1OC. The van der Waals surface area contributed by atoms with E-state index in [4.69, 9.17) is 9.47 Å². The Kier molecular flexibility index (Phi) is 6.05. The van der Waals surface area contributed by atoms with Gasteiger partial charge in [-0.15, -0.1) is 0 Å². The van der Waals surface area contributed by atoms with Gasteiger partial charge < -0.3 is 19.8 Å². The number of benzene rings is 2. The minimum absolute atomic E-state index is 0.0763. The van der Waals surface area contributed by atoms with E-state index in [9.17, 15) is 14.4 Å². The number of aromatic nitrogens is 1. The monoisotopic (exact) mass is 446 g/mol. The molecule has 0 fully saturated rings. The molecule has 0 saturated heterocycles. The number of pyridine rings is 1. The van der Waals surface area contributed by atoms with Crippen LogP contribution in [-0.4, -0.2) is 30.9 Å². The number of hydrogen-bond donors (Lipinski definition) is 2. The Morgan fingerprint density at radius 2 is 1.76 bits per heavy atom. The highest BCUT2D eigenvalue weighted by Gasteiger charge is 2.29. The molecule has 4 rings (SSSR count). The molecule has 0 bridgehead atoms. The molecule has 2 N–H and O–H groups in total. The molecule has 7 heteroatoms. The van der Waals surface area contributed by atoms with Crippen molar-refractivity contribution in [3.8, 4) is 11.5 Å². The Morgan fingerprint density at radius 3 is 2.48 bits per heavy atom. The minimum atomic E-state index is -0.539. The summed E-state index contributed by atoms with van der Waals surface area (Å²) >= 11 is 0. The number of aryl methyl sites for hydroxylation is 1. The van der Waals surface area contributed by atoms with E-state index in [0.717, 1.165) is 16.7 Å². The van der Waals surface area contributed by atoms with Crippen molar-refractivity contribution < 1.29 is 19.1 Å². The molecule has 1 amide bonds. The topological polar surface area (TPSA) is 97.5 Å². The van der Waals surface area contributed by atoms with E-state index in [2.05, 4.69) is 10.3 Å². The number of rotatable bonds is 5. The molecule has 3 aromatic rings. The summed E-state index contributed by atoms with van der Waals surface area (Å²) in [6, 6.07) is 12.5. The fourth-order valence-electron chi connectivity index (χ4n) is 4.22. The number of anilines is 1. The number of H-pyrrole nitrogens is 1. The van der Waals surface area contributed by atoms with Crippen LogP contribution in [0.3, 0.4) is 0 Å². The number of aromatic amines is 1. The summed E-state index contributed by atoms with van der Waals surface area (Å²) in [4.78, 5) is 41.3. The molecule has 1 atom stereocenters. The summed E-state index contributed by atoms with van der Waals surface area (Å²) in [6.45, 7) is 3.85. The maximum absolute atomic E-state index is 13.0. The first-order chi connectivity index (χ1) is 15.8. The molecule has 0 saturated carbocycles. The molecule has 33 heavy (non-hydrogen) atoms. The first-order valence-corrected chi connectivity index (χ1v) is 10.7. The normalized spacial score (nSPS) is 15.0. The van der Waals surface area contributed by atoms with Crippen molar-refractivity contribution in [2.45, 2.75) is 32.6 Å². The number of amides is 1. The van der Waals surface area contributed by atoms with Crippen LogP contribution in [0.15, 0.2) is 47.3 Å². The number of carbonyl (C=O) groups is 2. The summed E-state index contributed by atoms with van der Waals surface area (Å²) in [6.07, 6.45) is 0.747. The van der Waals surface area contributed by atoms with Gasteiger partial charge in [0.15, 0.2) is 17.3 Å². The van der Waals surface area contributed by atoms with Gasteiger partial charge in [-0.2, -0.15) is 0 Å². The smallest absolute Gasteiger partial charge is 0.261 e. The van der Waals surface area contributed by atoms with Crippen molar-refractivity contribution in [2.75, 3.05) is 19.5 Å². The van der Waals surface area contributed by atoms with Crippen LogP contribution in [0.4, 0.5) is 5.69 Å². The van der Waals surface area contributed by atoms with E-state index in [0.29, 0.717) is 34.9 Å². The molecular formula is C26H26N2O5. The number of fused-ring (bicyclic) bond motifs is 1. The standard InChI is InChI=1S/C26H26N2O5/c1-14-6-5-7-20(15(14)2)27-25(30)19-13-18-21(28-26(19)31)10-17(11-22(18)29)16-8-9-23(32-3)24(12-16)33-4/h5-9,12-13,17H,10-11H2,1-4H3,(H,27,30)(H,28,31)/t17-/m1/s1. The third-order valence-corrected chi connectivity index (χ3v) is 6.28. The largest absolute Gasteiger partial charge is 0.493 e. The summed E-state index contributed by atoms with van der Waals surface area (Å²) in [5.74, 6) is 0.419. The summed E-state index contributed by atoms with van der Waals surface area (Å²) < 4.78 is 10.7. The lowest BCUT2D eigenvalue weighted by Gasteiger charge is -2.24. The second kappa shape index (κ2) is 8.94. The first-order valence-electron chi connectivity index (χ1n) is 10.7. The fourth-order valence-corrected chi connectivity index (χ4v) is 4.22. The highest BCUT2D eigenvalue weighted by Crippen LogP contribution is 2.36. The molecule has 0 radical (unpaired) electrons. The number of Topliss-reactive ketones (excluding diaryl/α,β-unsaturated/α-hetero) is 1. The van der Waals surface area contributed by atoms with Crippen LogP contribution in [0.5, 0.6) is 11.5 Å². The molecular weight excluding hydrogens is 420 g/mol. The lowest BCUT2D eigenvalue weighted by atomic mass is 9.81. The lowest BCUT2D eigenvalue weighted by Crippen LogP contribution is -2.29. The Morgan fingerprint density at radius 1 is 1.00 bits per heavy atom. The van der Waals surface area contributed by atoms with E-state index >= 15 is 0 Å². The van der Waals surface area contributed by atoms with Crippen molar-refractivity contribution in [3.05, 3.63) is 86.3 Å². The molecule has 0 unspecified atom stereocenters. The third-order valence-electron chi connectivity index (χ3n) is 6.28. The van der Waals surface area contributed by atoms with Crippen LogP contribution >= 0.6 is 0 Å². The Balaban J connectivity index is 1.62. The highest BCUT2D eigenvalue weighted by molar-refractivity contribution is 6.07. The van der Waals surface area contributed by atoms with Gasteiger partial charge in [0, 0.05) is 23.4 Å². The molecule has 1 heterocycles. The highest BCUT2D eigenvalue weighted by atomic mass is 16.5. The molecule has 0 spiro atoms. The molecule has 1 aliphatic rings. The molecule has 1 aromatic heterocycles. The van der Waals surface area contributed by atoms with Crippen molar-refractivity contribution in [3.63, 3.8) is 0 Å². The molecule has 0 aliphatic heterocycles. The van der Waals surface area contributed by atoms with Crippen LogP contribution in [0.1, 0.15) is 55.4 Å². The number of ether oxygens (including phenoxy) is 2. The average Bonchev–Trinajstić information content (AvgIpc) is 2.80. The van der Waals surface area contributed by atoms with Gasteiger partial charge in [0.2, 0.25) is 0 Å². The fraction of sp³-hybridized carbons (Fsp3) is 0.269. The Bertz CT molecular complexity index is 1310. The van der Waals surface area contributed by atoms with Crippen LogP contribution in [0.25, 0.3) is 0 Å². The molecule has 7 nitrogen and oxygen atoms in total. The predicted octanol–water partition coefficient (Wildman–Crippen LogP) is 4.17. The number of nitrogens with one attached hydrogen (secondary N) is 2. The van der Waals surface area contributed by atoms with Gasteiger partial charge in [-0.25, -0.2) is 0 Å². The van der Waals surface area contributed by atoms with Crippen molar-refractivity contribution in [1.82, 2.24) is 4.98 Å². The van der Waals surface area contributed by atoms with Crippen LogP contribution in [0, 0.1) is 13.8 Å². The van der Waals surface area contributed by atoms with Gasteiger partial charge in [0.05, 0.1) is 14.2 Å². The number of ketones is 1. The molecule has 2 aromatic carbocycles. The van der Waals surface area contributed by atoms with Crippen molar-refractivity contribution in [2.24, 2.45) is 0 Å². The van der Waals surface area contributed by atoms with E-state index < -0.39 is 11.5 Å². The number of hydrogen-bond acceptors (Lipinski definition) is 5. The number of methoxy groups -OCH3 is 2. The van der Waals surface area contributed by atoms with Crippen molar-refractivity contribution in [1.29, 1.82) is 0 Å². The van der Waals surface area contributed by atoms with Crippen molar-refractivity contribution >= 4 is 17.4 Å². The zero-order chi connectivity index (χ0) is 23.7. The second-order valence-electron chi connectivity index (χ2n) is 8.25. The minimum Gasteiger partial charge on any atom is -0.493 e. The van der Waals surface area contributed by atoms with Gasteiger partial charge in [0.1, 0.15) is 5.56 Å². The zero-order valence-electron chi connectivity index (χ0n) is 19.1. The quantitative estimate of drug-likeness (QED) is 0.613. The Labute approximate surface area is 191 Å². The first kappa shape index (κ1) is 22.3. The van der Waals surface area contributed by atoms with E-state index in [-0.39, 0.29) is 23.7 Å². The van der Waals surface area contributed by atoms with E-state index in [1.165, 1.54) is 6.07 Å². The lowest BCUT2D eigenvalue weighted by molar-refractivity contribution is 0.0963. The second-order valence-corrected chi connectivity index (χ2v) is 8.25. The van der Waals surface area contributed by atoms with Gasteiger partial charge >= 0.3 is 0 Å². The van der Waals surface area contributed by atoms with Gasteiger partial charge in [-0.05, 0) is 67.1 Å².